The minimum absolute atomic E-state index is 0. The van der Waals surface area contributed by atoms with Crippen LogP contribution in [-0.4, -0.2) is 59.9 Å². The fraction of sp³-hybridized carbons (Fsp3) is 0.269. The van der Waals surface area contributed by atoms with Crippen LogP contribution >= 0.6 is 0 Å². The van der Waals surface area contributed by atoms with Crippen LogP contribution in [0.15, 0.2) is 72.0 Å². The molecule has 1 N–H and O–H groups in total. The van der Waals surface area contributed by atoms with Crippen molar-refractivity contribution < 1.29 is 19.0 Å². The second-order valence-corrected chi connectivity index (χ2v) is 10.7. The Hall–Kier alpha value is -3.99. The summed E-state index contributed by atoms with van der Waals surface area (Å²) in [4.78, 5) is 25.1. The zero-order valence-electron chi connectivity index (χ0n) is 20.5. The number of aryl methyl sites for hydroxylation is 1. The summed E-state index contributed by atoms with van der Waals surface area (Å²) in [5.74, 6) is -0.0847. The second kappa shape index (κ2) is 9.81. The molecule has 0 aliphatic carbocycles. The molecule has 1 saturated heterocycles. The zero-order valence-corrected chi connectivity index (χ0v) is 21.3. The van der Waals surface area contributed by atoms with Crippen LogP contribution in [0.25, 0.3) is 10.9 Å². The predicted molar refractivity (Wildman–Crippen MR) is 142 cm³/mol. The van der Waals surface area contributed by atoms with Crippen LogP contribution in [0.3, 0.4) is 0 Å². The number of hydrogen-bond donors (Lipinski definition) is 1. The van der Waals surface area contributed by atoms with Crippen LogP contribution in [0, 0.1) is 12.7 Å². The lowest BCUT2D eigenvalue weighted by atomic mass is 10.2. The van der Waals surface area contributed by atoms with Crippen LogP contribution in [0.5, 0.6) is 0 Å². The molecule has 2 aromatic carbocycles. The van der Waals surface area contributed by atoms with E-state index in [-0.39, 0.29) is 23.9 Å². The molecule has 1 aliphatic heterocycles. The lowest BCUT2D eigenvalue weighted by Gasteiger charge is -2.37. The number of benzene rings is 2. The highest BCUT2D eigenvalue weighted by molar-refractivity contribution is 7.92. The molecule has 0 spiro atoms. The molecule has 0 radical (unpaired) electrons. The maximum absolute atomic E-state index is 13.6. The van der Waals surface area contributed by atoms with Gasteiger partial charge >= 0.3 is 0 Å². The normalized spacial score (nSPS) is 15.1. The maximum Gasteiger partial charge on any atom is 0.263 e. The monoisotopic (exact) mass is 524 g/mol. The van der Waals surface area contributed by atoms with E-state index < -0.39 is 16.1 Å². The number of sulfonamides is 1. The van der Waals surface area contributed by atoms with Crippen LogP contribution < -0.4 is 9.62 Å². The Bertz CT molecular complexity index is 1540. The van der Waals surface area contributed by atoms with Crippen molar-refractivity contribution in [1.29, 1.82) is 0 Å². The molecule has 0 saturated carbocycles. The standard InChI is InChI=1S/C26H27FN6O3S.H2/c1-18-15-20-16-21(27)3-8-24(20)33(18)19(2)26(34)32-13-11-31(12-14-32)22-4-6-23(7-5-22)37(35,36)30-25-9-10-28-17-29-25;/h3-10,15-17,19H,11-14H2,1-2H3,(H,28,29,30);1H. The first-order valence-electron chi connectivity index (χ1n) is 11.9. The fourth-order valence-corrected chi connectivity index (χ4v) is 5.81. The molecule has 194 valence electrons. The van der Waals surface area contributed by atoms with Gasteiger partial charge in [-0.1, -0.05) is 0 Å². The molecule has 3 heterocycles. The summed E-state index contributed by atoms with van der Waals surface area (Å²) in [6.45, 7) is 6.14. The van der Waals surface area contributed by atoms with Gasteiger partial charge < -0.3 is 14.4 Å². The van der Waals surface area contributed by atoms with E-state index in [9.17, 15) is 17.6 Å². The number of amides is 1. The van der Waals surface area contributed by atoms with Gasteiger partial charge in [0.05, 0.1) is 4.90 Å². The summed E-state index contributed by atoms with van der Waals surface area (Å²) < 4.78 is 43.3. The highest BCUT2D eigenvalue weighted by Crippen LogP contribution is 2.27. The maximum atomic E-state index is 13.6. The van der Waals surface area contributed by atoms with E-state index >= 15 is 0 Å². The van der Waals surface area contributed by atoms with E-state index in [1.165, 1.54) is 30.7 Å². The third-order valence-corrected chi connectivity index (χ3v) is 8.03. The minimum atomic E-state index is -3.77. The summed E-state index contributed by atoms with van der Waals surface area (Å²) in [6.07, 6.45) is 2.73. The van der Waals surface area contributed by atoms with Crippen molar-refractivity contribution in [2.24, 2.45) is 0 Å². The smallest absolute Gasteiger partial charge is 0.263 e. The molecule has 2 aromatic heterocycles. The molecule has 37 heavy (non-hydrogen) atoms. The SMILES string of the molecule is Cc1cc2cc(F)ccc2n1C(C)C(=O)N1CCN(c2ccc(S(=O)(=O)Nc3ccncn3)cc2)CC1.[HH]. The largest absolute Gasteiger partial charge is 0.368 e. The Morgan fingerprint density at radius 2 is 1.78 bits per heavy atom. The van der Waals surface area contributed by atoms with E-state index in [2.05, 4.69) is 19.6 Å². The molecular weight excluding hydrogens is 495 g/mol. The predicted octanol–water partition coefficient (Wildman–Crippen LogP) is 3.84. The first-order valence-corrected chi connectivity index (χ1v) is 13.4. The van der Waals surface area contributed by atoms with Gasteiger partial charge in [0, 0.05) is 56.1 Å². The van der Waals surface area contributed by atoms with Gasteiger partial charge in [-0.3, -0.25) is 9.52 Å². The van der Waals surface area contributed by atoms with Crippen molar-refractivity contribution in [3.8, 4) is 0 Å². The number of anilines is 2. The van der Waals surface area contributed by atoms with E-state index in [4.69, 9.17) is 0 Å². The van der Waals surface area contributed by atoms with Gasteiger partial charge in [-0.25, -0.2) is 22.8 Å². The van der Waals surface area contributed by atoms with Gasteiger partial charge in [0.25, 0.3) is 10.0 Å². The van der Waals surface area contributed by atoms with Crippen molar-refractivity contribution in [1.82, 2.24) is 19.4 Å². The topological polar surface area (TPSA) is 100 Å². The molecule has 1 aliphatic rings. The number of hydrogen-bond acceptors (Lipinski definition) is 6. The highest BCUT2D eigenvalue weighted by atomic mass is 32.2. The number of fused-ring (bicyclic) bond motifs is 1. The number of piperazine rings is 1. The molecule has 5 rings (SSSR count). The number of halogens is 1. The van der Waals surface area contributed by atoms with Gasteiger partial charge in [-0.2, -0.15) is 0 Å². The van der Waals surface area contributed by atoms with Crippen molar-refractivity contribution in [3.05, 3.63) is 78.6 Å². The molecule has 11 heteroatoms. The summed E-state index contributed by atoms with van der Waals surface area (Å²) in [7, 11) is -3.77. The molecular formula is C26H29FN6O3S. The first kappa shape index (κ1) is 24.7. The van der Waals surface area contributed by atoms with E-state index in [1.54, 1.807) is 30.3 Å². The van der Waals surface area contributed by atoms with E-state index in [0.29, 0.717) is 26.2 Å². The van der Waals surface area contributed by atoms with Crippen molar-refractivity contribution in [3.63, 3.8) is 0 Å². The molecule has 9 nitrogen and oxygen atoms in total. The van der Waals surface area contributed by atoms with Gasteiger partial charge in [-0.05, 0) is 68.4 Å². The first-order chi connectivity index (χ1) is 17.7. The zero-order chi connectivity index (χ0) is 26.2. The van der Waals surface area contributed by atoms with Gasteiger partial charge in [0.1, 0.15) is 24.0 Å². The fourth-order valence-electron chi connectivity index (χ4n) is 4.80. The molecule has 1 fully saturated rings. The third-order valence-electron chi connectivity index (χ3n) is 6.66. The van der Waals surface area contributed by atoms with Gasteiger partial charge in [0.2, 0.25) is 5.91 Å². The lowest BCUT2D eigenvalue weighted by Crippen LogP contribution is -2.50. The number of nitrogens with one attached hydrogen (secondary N) is 1. The Labute approximate surface area is 216 Å². The average molecular weight is 525 g/mol. The summed E-state index contributed by atoms with van der Waals surface area (Å²) >= 11 is 0. The minimum Gasteiger partial charge on any atom is -0.368 e. The molecule has 1 amide bonds. The van der Waals surface area contributed by atoms with E-state index in [0.717, 1.165) is 22.3 Å². The summed E-state index contributed by atoms with van der Waals surface area (Å²) in [5.41, 5.74) is 2.63. The Morgan fingerprint density at radius 3 is 2.46 bits per heavy atom. The quantitative estimate of drug-likeness (QED) is 0.412. The summed E-state index contributed by atoms with van der Waals surface area (Å²) in [6, 6.07) is 14.2. The third kappa shape index (κ3) is 4.99. The Kier molecular flexibility index (Phi) is 6.55. The van der Waals surface area contributed by atoms with Gasteiger partial charge in [-0.15, -0.1) is 0 Å². The van der Waals surface area contributed by atoms with Crippen molar-refractivity contribution in [2.75, 3.05) is 35.8 Å². The number of rotatable bonds is 6. The number of aromatic nitrogens is 3. The van der Waals surface area contributed by atoms with Crippen LogP contribution in [-0.2, 0) is 14.8 Å². The molecule has 0 bridgehead atoms. The number of carbonyl (C=O) groups excluding carboxylic acids is 1. The van der Waals surface area contributed by atoms with Crippen LogP contribution in [0.1, 0.15) is 20.1 Å². The molecule has 1 atom stereocenters. The summed E-state index contributed by atoms with van der Waals surface area (Å²) in [5, 5.41) is 0.777. The van der Waals surface area contributed by atoms with E-state index in [1.807, 2.05) is 29.4 Å². The Morgan fingerprint density at radius 1 is 1.05 bits per heavy atom. The van der Waals surface area contributed by atoms with Crippen LogP contribution in [0.4, 0.5) is 15.9 Å². The average Bonchev–Trinajstić information content (AvgIpc) is 3.23. The second-order valence-electron chi connectivity index (χ2n) is 9.04. The number of nitrogens with zero attached hydrogens (tertiary/aromatic N) is 5. The number of carbonyl (C=O) groups is 1. The molecule has 4 aromatic rings. The van der Waals surface area contributed by atoms with Gasteiger partial charge in [0.15, 0.2) is 0 Å². The Balaban J connectivity index is 0.00000336. The highest BCUT2D eigenvalue weighted by Gasteiger charge is 2.27. The lowest BCUT2D eigenvalue weighted by molar-refractivity contribution is -0.134. The molecule has 1 unspecified atom stereocenters. The van der Waals surface area contributed by atoms with Crippen molar-refractivity contribution in [2.45, 2.75) is 24.8 Å². The van der Waals surface area contributed by atoms with Crippen LogP contribution in [0.2, 0.25) is 0 Å². The van der Waals surface area contributed by atoms with Crippen molar-refractivity contribution >= 4 is 38.3 Å².